The smallest absolute Gasteiger partial charge is 0.253 e. The summed E-state index contributed by atoms with van der Waals surface area (Å²) < 4.78 is 27.7. The van der Waals surface area contributed by atoms with Gasteiger partial charge in [-0.15, -0.1) is 0 Å². The average Bonchev–Trinajstić information content (AvgIpc) is 2.66. The molecule has 0 saturated carbocycles. The van der Waals surface area contributed by atoms with Gasteiger partial charge in [0.15, 0.2) is 0 Å². The van der Waals surface area contributed by atoms with Crippen molar-refractivity contribution in [2.45, 2.75) is 45.6 Å². The van der Waals surface area contributed by atoms with Crippen molar-refractivity contribution in [3.63, 3.8) is 0 Å². The second-order valence-corrected chi connectivity index (χ2v) is 10.4. The number of hydrogen-bond acceptors (Lipinski definition) is 4. The highest BCUT2D eigenvalue weighted by Gasteiger charge is 2.32. The van der Waals surface area contributed by atoms with Crippen LogP contribution >= 0.6 is 0 Å². The Labute approximate surface area is 177 Å². The van der Waals surface area contributed by atoms with E-state index in [4.69, 9.17) is 0 Å². The largest absolute Gasteiger partial charge is 0.348 e. The molecule has 0 unspecified atom stereocenters. The number of carbonyl (C=O) groups is 1. The van der Waals surface area contributed by atoms with Gasteiger partial charge < -0.3 is 10.3 Å². The Kier molecular flexibility index (Phi) is 6.47. The molecule has 1 aromatic heterocycles. The summed E-state index contributed by atoms with van der Waals surface area (Å²) in [4.78, 5) is 27.6. The van der Waals surface area contributed by atoms with Crippen molar-refractivity contribution in [1.29, 1.82) is 0 Å². The first-order valence-electron chi connectivity index (χ1n) is 10.2. The molecule has 1 aliphatic rings. The molecule has 3 rings (SSSR count). The van der Waals surface area contributed by atoms with Crippen molar-refractivity contribution in [3.8, 4) is 0 Å². The second kappa shape index (κ2) is 8.73. The molecule has 2 aromatic rings. The molecule has 0 spiro atoms. The maximum Gasteiger partial charge on any atom is 0.253 e. The molecule has 1 fully saturated rings. The predicted molar refractivity (Wildman–Crippen MR) is 116 cm³/mol. The van der Waals surface area contributed by atoms with Crippen LogP contribution in [0.3, 0.4) is 0 Å². The first-order valence-corrected chi connectivity index (χ1v) is 11.6. The Morgan fingerprint density at radius 3 is 2.47 bits per heavy atom. The highest BCUT2D eigenvalue weighted by atomic mass is 32.2. The fourth-order valence-electron chi connectivity index (χ4n) is 4.12. The van der Waals surface area contributed by atoms with Crippen molar-refractivity contribution in [2.75, 3.05) is 13.1 Å². The van der Waals surface area contributed by atoms with Crippen LogP contribution in [-0.4, -0.2) is 36.7 Å². The lowest BCUT2D eigenvalue weighted by atomic mass is 9.94. The zero-order valence-electron chi connectivity index (χ0n) is 17.9. The minimum atomic E-state index is -3.67. The van der Waals surface area contributed by atoms with Crippen LogP contribution in [0, 0.1) is 25.7 Å². The van der Waals surface area contributed by atoms with Gasteiger partial charge in [0.25, 0.3) is 11.5 Å². The summed E-state index contributed by atoms with van der Waals surface area (Å²) >= 11 is 0. The number of H-pyrrole nitrogens is 1. The molecule has 1 saturated heterocycles. The van der Waals surface area contributed by atoms with E-state index in [9.17, 15) is 18.0 Å². The van der Waals surface area contributed by atoms with Crippen LogP contribution in [0.5, 0.6) is 0 Å². The van der Waals surface area contributed by atoms with E-state index in [2.05, 4.69) is 24.1 Å². The minimum absolute atomic E-state index is 0.0679. The zero-order chi connectivity index (χ0) is 22.1. The number of aryl methyl sites for hydroxylation is 2. The summed E-state index contributed by atoms with van der Waals surface area (Å²) in [5.41, 5.74) is 2.04. The highest BCUT2D eigenvalue weighted by molar-refractivity contribution is 7.89. The summed E-state index contributed by atoms with van der Waals surface area (Å²) in [6.45, 7) is 8.76. The van der Waals surface area contributed by atoms with E-state index in [-0.39, 0.29) is 22.6 Å². The van der Waals surface area contributed by atoms with Crippen LogP contribution in [0.25, 0.3) is 0 Å². The normalized spacial score (nSPS) is 20.1. The average molecular weight is 432 g/mol. The van der Waals surface area contributed by atoms with Gasteiger partial charge in [0, 0.05) is 36.5 Å². The Morgan fingerprint density at radius 1 is 1.17 bits per heavy atom. The fraction of sp³-hybridized carbons (Fsp3) is 0.455. The van der Waals surface area contributed by atoms with Gasteiger partial charge in [0.05, 0.1) is 4.90 Å². The van der Waals surface area contributed by atoms with Crippen molar-refractivity contribution < 1.29 is 13.2 Å². The molecule has 1 amide bonds. The third kappa shape index (κ3) is 4.82. The summed E-state index contributed by atoms with van der Waals surface area (Å²) in [5, 5.41) is 2.72. The number of nitrogens with one attached hydrogen (secondary N) is 2. The fourth-order valence-corrected chi connectivity index (χ4v) is 5.85. The van der Waals surface area contributed by atoms with E-state index < -0.39 is 15.9 Å². The lowest BCUT2D eigenvalue weighted by molar-refractivity contribution is 0.0950. The lowest BCUT2D eigenvalue weighted by Crippen LogP contribution is -2.42. The van der Waals surface area contributed by atoms with E-state index in [0.717, 1.165) is 17.7 Å². The second-order valence-electron chi connectivity index (χ2n) is 8.42. The van der Waals surface area contributed by atoms with E-state index in [1.165, 1.54) is 16.4 Å². The highest BCUT2D eigenvalue weighted by Crippen LogP contribution is 2.27. The monoisotopic (exact) mass is 431 g/mol. The quantitative estimate of drug-likeness (QED) is 0.760. The van der Waals surface area contributed by atoms with Gasteiger partial charge in [0.2, 0.25) is 10.0 Å². The number of carbonyl (C=O) groups excluding carboxylic acids is 1. The maximum atomic E-state index is 13.1. The number of piperidine rings is 1. The topological polar surface area (TPSA) is 99.3 Å². The lowest BCUT2D eigenvalue weighted by Gasteiger charge is -2.34. The van der Waals surface area contributed by atoms with Gasteiger partial charge in [-0.3, -0.25) is 9.59 Å². The molecule has 0 aliphatic carbocycles. The first-order chi connectivity index (χ1) is 14.1. The number of aromatic nitrogens is 1. The standard InChI is InChI=1S/C22H29N3O4S/c1-14-8-15(2)13-25(12-14)30(28,29)19-7-5-6-18(10-19)21(26)23-11-20-16(3)9-17(4)24-22(20)27/h5-7,9-10,14-15H,8,11-13H2,1-4H3,(H,23,26)(H,24,27)/t14-,15+. The molecule has 8 heteroatoms. The van der Waals surface area contributed by atoms with Crippen molar-refractivity contribution in [1.82, 2.24) is 14.6 Å². The predicted octanol–water partition coefficient (Wildman–Crippen LogP) is 2.59. The first kappa shape index (κ1) is 22.2. The number of hydrogen-bond donors (Lipinski definition) is 2. The Bertz CT molecular complexity index is 1100. The van der Waals surface area contributed by atoms with Crippen LogP contribution in [0.15, 0.2) is 40.0 Å². The minimum Gasteiger partial charge on any atom is -0.348 e. The third-order valence-electron chi connectivity index (χ3n) is 5.49. The van der Waals surface area contributed by atoms with E-state index in [0.29, 0.717) is 30.5 Å². The van der Waals surface area contributed by atoms with Gasteiger partial charge in [-0.1, -0.05) is 19.9 Å². The van der Waals surface area contributed by atoms with E-state index >= 15 is 0 Å². The van der Waals surface area contributed by atoms with Crippen LogP contribution in [0.2, 0.25) is 0 Å². The summed E-state index contributed by atoms with van der Waals surface area (Å²) in [7, 11) is -3.67. The SMILES string of the molecule is Cc1cc(C)c(CNC(=O)c2cccc(S(=O)(=O)N3C[C@H](C)C[C@H](C)C3)c2)c(=O)[nH]1. The molecule has 0 bridgehead atoms. The number of pyridine rings is 1. The molecule has 2 N–H and O–H groups in total. The molecule has 1 aromatic carbocycles. The Balaban J connectivity index is 1.78. The number of amides is 1. The van der Waals surface area contributed by atoms with Crippen molar-refractivity contribution in [3.05, 3.63) is 63.1 Å². The third-order valence-corrected chi connectivity index (χ3v) is 7.32. The molecular weight excluding hydrogens is 402 g/mol. The Morgan fingerprint density at radius 2 is 1.83 bits per heavy atom. The number of sulfonamides is 1. The van der Waals surface area contributed by atoms with Gasteiger partial charge in [-0.05, 0) is 61.9 Å². The van der Waals surface area contributed by atoms with Crippen LogP contribution in [-0.2, 0) is 16.6 Å². The van der Waals surface area contributed by atoms with Crippen molar-refractivity contribution in [2.24, 2.45) is 11.8 Å². The van der Waals surface area contributed by atoms with Gasteiger partial charge in [-0.2, -0.15) is 4.31 Å². The number of aromatic amines is 1. The molecule has 2 heterocycles. The van der Waals surface area contributed by atoms with Crippen LogP contribution < -0.4 is 10.9 Å². The number of benzene rings is 1. The van der Waals surface area contributed by atoms with Crippen LogP contribution in [0.4, 0.5) is 0 Å². The molecule has 30 heavy (non-hydrogen) atoms. The summed E-state index contributed by atoms with van der Waals surface area (Å²) in [6, 6.07) is 7.91. The van der Waals surface area contributed by atoms with Gasteiger partial charge in [0.1, 0.15) is 0 Å². The van der Waals surface area contributed by atoms with E-state index in [1.807, 2.05) is 13.0 Å². The molecule has 162 valence electrons. The summed E-state index contributed by atoms with van der Waals surface area (Å²) in [6.07, 6.45) is 1.01. The van der Waals surface area contributed by atoms with Gasteiger partial charge >= 0.3 is 0 Å². The van der Waals surface area contributed by atoms with Crippen LogP contribution in [0.1, 0.15) is 47.4 Å². The number of rotatable bonds is 5. The molecular formula is C22H29N3O4S. The summed E-state index contributed by atoms with van der Waals surface area (Å²) in [5.74, 6) is 0.170. The van der Waals surface area contributed by atoms with E-state index in [1.54, 1.807) is 19.1 Å². The van der Waals surface area contributed by atoms with Gasteiger partial charge in [-0.25, -0.2) is 8.42 Å². The Hall–Kier alpha value is -2.45. The molecule has 2 atom stereocenters. The molecule has 1 aliphatic heterocycles. The zero-order valence-corrected chi connectivity index (χ0v) is 18.7. The van der Waals surface area contributed by atoms with Crippen molar-refractivity contribution >= 4 is 15.9 Å². The number of nitrogens with zero attached hydrogens (tertiary/aromatic N) is 1. The molecule has 0 radical (unpaired) electrons. The molecule has 7 nitrogen and oxygen atoms in total. The maximum absolute atomic E-state index is 13.1.